The quantitative estimate of drug-likeness (QED) is 0.705. The molecule has 0 fully saturated rings. The maximum atomic E-state index is 12.2. The van der Waals surface area contributed by atoms with Crippen LogP contribution in [0.5, 0.6) is 5.75 Å². The molecule has 28 heavy (non-hydrogen) atoms. The molecule has 0 bridgehead atoms. The maximum absolute atomic E-state index is 12.2. The lowest BCUT2D eigenvalue weighted by molar-refractivity contribution is -0.159. The van der Waals surface area contributed by atoms with Gasteiger partial charge in [0.25, 0.3) is 5.91 Å². The van der Waals surface area contributed by atoms with Gasteiger partial charge in [-0.2, -0.15) is 5.26 Å². The molecule has 2 amide bonds. The molecular weight excluding hydrogens is 362 g/mol. The number of hydrogen-bond acceptors (Lipinski definition) is 6. The number of hydrogen-bond donors (Lipinski definition) is 2. The van der Waals surface area contributed by atoms with Gasteiger partial charge in [0.2, 0.25) is 5.91 Å². The van der Waals surface area contributed by atoms with Crippen molar-refractivity contribution >= 4 is 23.5 Å². The summed E-state index contributed by atoms with van der Waals surface area (Å²) < 4.78 is 10.6. The summed E-state index contributed by atoms with van der Waals surface area (Å²) >= 11 is 0. The van der Waals surface area contributed by atoms with Crippen LogP contribution in [0, 0.1) is 11.3 Å². The van der Waals surface area contributed by atoms with Crippen LogP contribution in [0.15, 0.2) is 48.5 Å². The van der Waals surface area contributed by atoms with Crippen molar-refractivity contribution in [3.05, 3.63) is 59.7 Å². The number of nitrogens with one attached hydrogen (secondary N) is 1. The molecule has 0 saturated carbocycles. The van der Waals surface area contributed by atoms with E-state index in [9.17, 15) is 14.4 Å². The number of nitrogens with two attached hydrogens (primary N) is 1. The molecule has 0 heterocycles. The molecule has 2 unspecified atom stereocenters. The Bertz CT molecular complexity index is 901. The topological polar surface area (TPSA) is 132 Å². The fourth-order valence-corrected chi connectivity index (χ4v) is 2.15. The van der Waals surface area contributed by atoms with Crippen molar-refractivity contribution in [3.63, 3.8) is 0 Å². The monoisotopic (exact) mass is 381 g/mol. The summed E-state index contributed by atoms with van der Waals surface area (Å²) in [7, 11) is 0. The lowest BCUT2D eigenvalue weighted by Gasteiger charge is -2.18. The average Bonchev–Trinajstić information content (AvgIpc) is 2.68. The summed E-state index contributed by atoms with van der Waals surface area (Å²) in [5.74, 6) is -1.42. The molecule has 0 spiro atoms. The predicted molar refractivity (Wildman–Crippen MR) is 100 cm³/mol. The van der Waals surface area contributed by atoms with Gasteiger partial charge in [0, 0.05) is 11.3 Å². The van der Waals surface area contributed by atoms with Crippen LogP contribution in [0.2, 0.25) is 0 Å². The number of nitrogens with zero attached hydrogens (tertiary/aromatic N) is 1. The lowest BCUT2D eigenvalue weighted by atomic mass is 10.2. The van der Waals surface area contributed by atoms with Crippen molar-refractivity contribution in [3.8, 4) is 11.8 Å². The number of rotatable bonds is 7. The van der Waals surface area contributed by atoms with Gasteiger partial charge in [-0.1, -0.05) is 0 Å². The van der Waals surface area contributed by atoms with Crippen LogP contribution >= 0.6 is 0 Å². The molecule has 3 N–H and O–H groups in total. The van der Waals surface area contributed by atoms with Crippen LogP contribution in [-0.4, -0.2) is 30.0 Å². The molecule has 144 valence electrons. The van der Waals surface area contributed by atoms with Crippen molar-refractivity contribution in [2.75, 3.05) is 5.32 Å². The van der Waals surface area contributed by atoms with Gasteiger partial charge in [0.05, 0.1) is 11.6 Å². The van der Waals surface area contributed by atoms with E-state index < -0.39 is 30.0 Å². The molecule has 2 rings (SSSR count). The second-order valence-electron chi connectivity index (χ2n) is 5.91. The molecule has 2 atom stereocenters. The van der Waals surface area contributed by atoms with E-state index in [-0.39, 0.29) is 0 Å². The second kappa shape index (κ2) is 9.19. The maximum Gasteiger partial charge on any atom is 0.347 e. The summed E-state index contributed by atoms with van der Waals surface area (Å²) in [5, 5.41) is 11.3. The van der Waals surface area contributed by atoms with Crippen molar-refractivity contribution < 1.29 is 23.9 Å². The fourth-order valence-electron chi connectivity index (χ4n) is 2.15. The fraction of sp³-hybridized carbons (Fsp3) is 0.200. The molecule has 8 heteroatoms. The molecule has 0 aliphatic heterocycles. The van der Waals surface area contributed by atoms with Gasteiger partial charge in [-0.3, -0.25) is 9.59 Å². The van der Waals surface area contributed by atoms with Gasteiger partial charge in [0.1, 0.15) is 5.75 Å². The normalized spacial score (nSPS) is 12.2. The van der Waals surface area contributed by atoms with Crippen LogP contribution in [0.1, 0.15) is 29.8 Å². The number of nitriles is 1. The lowest BCUT2D eigenvalue weighted by Crippen LogP contribution is -2.35. The third kappa shape index (κ3) is 5.57. The van der Waals surface area contributed by atoms with Gasteiger partial charge in [0.15, 0.2) is 12.2 Å². The van der Waals surface area contributed by atoms with Crippen molar-refractivity contribution in [1.29, 1.82) is 5.26 Å². The zero-order valence-corrected chi connectivity index (χ0v) is 15.3. The zero-order chi connectivity index (χ0) is 20.7. The Kier molecular flexibility index (Phi) is 6.71. The van der Waals surface area contributed by atoms with E-state index in [2.05, 4.69) is 5.32 Å². The van der Waals surface area contributed by atoms with Gasteiger partial charge in [-0.25, -0.2) is 4.79 Å². The molecular formula is C20H19N3O5. The van der Waals surface area contributed by atoms with Crippen molar-refractivity contribution in [2.45, 2.75) is 26.1 Å². The Labute approximate surface area is 161 Å². The van der Waals surface area contributed by atoms with Crippen molar-refractivity contribution in [1.82, 2.24) is 0 Å². The number of carbonyl (C=O) groups excluding carboxylic acids is 3. The molecule has 2 aromatic carbocycles. The van der Waals surface area contributed by atoms with E-state index in [4.69, 9.17) is 20.5 Å². The van der Waals surface area contributed by atoms with Crippen LogP contribution in [0.3, 0.4) is 0 Å². The number of ether oxygens (including phenoxy) is 2. The first-order chi connectivity index (χ1) is 13.3. The SMILES string of the molecule is CC(OC(=O)C(C)Oc1ccc(C#N)cc1)C(=O)Nc1ccc(C(N)=O)cc1. The van der Waals surface area contributed by atoms with Gasteiger partial charge >= 0.3 is 5.97 Å². The molecule has 8 nitrogen and oxygen atoms in total. The Morgan fingerprint density at radius 2 is 1.61 bits per heavy atom. The van der Waals surface area contributed by atoms with Gasteiger partial charge < -0.3 is 20.5 Å². The number of anilines is 1. The van der Waals surface area contributed by atoms with Crippen LogP contribution in [0.25, 0.3) is 0 Å². The van der Waals surface area contributed by atoms with Crippen LogP contribution in [0.4, 0.5) is 5.69 Å². The molecule has 2 aromatic rings. The first-order valence-corrected chi connectivity index (χ1v) is 8.38. The Hall–Kier alpha value is -3.86. The highest BCUT2D eigenvalue weighted by atomic mass is 16.6. The summed E-state index contributed by atoms with van der Waals surface area (Å²) in [5.41, 5.74) is 6.37. The van der Waals surface area contributed by atoms with E-state index in [1.807, 2.05) is 6.07 Å². The Morgan fingerprint density at radius 1 is 1.00 bits per heavy atom. The van der Waals surface area contributed by atoms with E-state index in [0.717, 1.165) is 0 Å². The average molecular weight is 381 g/mol. The Morgan fingerprint density at radius 3 is 2.14 bits per heavy atom. The van der Waals surface area contributed by atoms with E-state index in [1.54, 1.807) is 24.3 Å². The minimum atomic E-state index is -1.06. The van der Waals surface area contributed by atoms with Gasteiger partial charge in [-0.05, 0) is 62.4 Å². The molecule has 0 aliphatic rings. The largest absolute Gasteiger partial charge is 0.479 e. The van der Waals surface area contributed by atoms with Crippen LogP contribution < -0.4 is 15.8 Å². The molecule has 0 radical (unpaired) electrons. The first kappa shape index (κ1) is 20.5. The van der Waals surface area contributed by atoms with E-state index >= 15 is 0 Å². The summed E-state index contributed by atoms with van der Waals surface area (Å²) in [6, 6.07) is 14.2. The molecule has 0 saturated heterocycles. The number of esters is 1. The summed E-state index contributed by atoms with van der Waals surface area (Å²) in [4.78, 5) is 35.3. The highest BCUT2D eigenvalue weighted by Crippen LogP contribution is 2.15. The summed E-state index contributed by atoms with van der Waals surface area (Å²) in [6.07, 6.45) is -2.01. The minimum Gasteiger partial charge on any atom is -0.479 e. The highest BCUT2D eigenvalue weighted by Gasteiger charge is 2.23. The standard InChI is InChI=1S/C20H19N3O5/c1-12(19(25)23-16-7-5-15(6-8-16)18(22)24)28-20(26)13(2)27-17-9-3-14(11-21)4-10-17/h3-10,12-13H,1-2H3,(H2,22,24)(H,23,25). The first-order valence-electron chi connectivity index (χ1n) is 8.38. The number of primary amides is 1. The smallest absolute Gasteiger partial charge is 0.347 e. The third-order valence-electron chi connectivity index (χ3n) is 3.73. The number of carbonyl (C=O) groups is 3. The van der Waals surface area contributed by atoms with Crippen molar-refractivity contribution in [2.24, 2.45) is 5.73 Å². The van der Waals surface area contributed by atoms with E-state index in [0.29, 0.717) is 22.6 Å². The number of amides is 2. The summed E-state index contributed by atoms with van der Waals surface area (Å²) in [6.45, 7) is 2.92. The predicted octanol–water partition coefficient (Wildman–Crippen LogP) is 1.99. The third-order valence-corrected chi connectivity index (χ3v) is 3.73. The van der Waals surface area contributed by atoms with E-state index in [1.165, 1.54) is 38.1 Å². The zero-order valence-electron chi connectivity index (χ0n) is 15.3. The number of benzene rings is 2. The van der Waals surface area contributed by atoms with Gasteiger partial charge in [-0.15, -0.1) is 0 Å². The molecule has 0 aliphatic carbocycles. The highest BCUT2D eigenvalue weighted by molar-refractivity contribution is 5.96. The van der Waals surface area contributed by atoms with Crippen LogP contribution in [-0.2, 0) is 14.3 Å². The molecule has 0 aromatic heterocycles. The second-order valence-corrected chi connectivity index (χ2v) is 5.91. The Balaban J connectivity index is 1.88. The minimum absolute atomic E-state index is 0.311.